The zero-order valence-electron chi connectivity index (χ0n) is 17.1. The van der Waals surface area contributed by atoms with Crippen LogP contribution < -0.4 is 15.0 Å². The molecular weight excluding hydrogens is 438 g/mol. The SMILES string of the molecule is COc1ccccc1C1=C(Nc2ccc(F)c(F)c2)C(=O)N(c2cccc(Cl)c2C)C1=O. The molecule has 0 aliphatic carbocycles. The summed E-state index contributed by atoms with van der Waals surface area (Å²) in [5.74, 6) is -3.01. The summed E-state index contributed by atoms with van der Waals surface area (Å²) in [5, 5.41) is 3.19. The average molecular weight is 455 g/mol. The van der Waals surface area contributed by atoms with E-state index in [0.29, 0.717) is 27.6 Å². The van der Waals surface area contributed by atoms with Crippen molar-refractivity contribution >= 4 is 40.4 Å². The normalized spacial score (nSPS) is 13.7. The molecule has 1 aliphatic rings. The van der Waals surface area contributed by atoms with Crippen molar-refractivity contribution < 1.29 is 23.1 Å². The molecule has 0 saturated heterocycles. The van der Waals surface area contributed by atoms with Crippen molar-refractivity contribution in [3.05, 3.63) is 94.1 Å². The lowest BCUT2D eigenvalue weighted by atomic mass is 10.0. The highest BCUT2D eigenvalue weighted by molar-refractivity contribution is 6.47. The van der Waals surface area contributed by atoms with E-state index in [-0.39, 0.29) is 17.0 Å². The summed E-state index contributed by atoms with van der Waals surface area (Å²) in [7, 11) is 1.45. The number of carbonyl (C=O) groups is 2. The summed E-state index contributed by atoms with van der Waals surface area (Å²) < 4.78 is 32.5. The number of hydrogen-bond acceptors (Lipinski definition) is 4. The minimum Gasteiger partial charge on any atom is -0.496 e. The van der Waals surface area contributed by atoms with E-state index in [1.165, 1.54) is 13.2 Å². The second-order valence-corrected chi connectivity index (χ2v) is 7.44. The van der Waals surface area contributed by atoms with E-state index in [4.69, 9.17) is 16.3 Å². The zero-order valence-corrected chi connectivity index (χ0v) is 17.8. The average Bonchev–Trinajstić information content (AvgIpc) is 3.02. The van der Waals surface area contributed by atoms with Gasteiger partial charge in [-0.05, 0) is 42.8 Å². The van der Waals surface area contributed by atoms with Gasteiger partial charge >= 0.3 is 0 Å². The summed E-state index contributed by atoms with van der Waals surface area (Å²) in [6.45, 7) is 1.70. The first-order valence-corrected chi connectivity index (χ1v) is 9.95. The highest BCUT2D eigenvalue weighted by atomic mass is 35.5. The Morgan fingerprint density at radius 2 is 1.69 bits per heavy atom. The quantitative estimate of drug-likeness (QED) is 0.529. The van der Waals surface area contributed by atoms with Gasteiger partial charge in [-0.25, -0.2) is 13.7 Å². The molecule has 162 valence electrons. The predicted molar refractivity (Wildman–Crippen MR) is 119 cm³/mol. The number of para-hydroxylation sites is 1. The summed E-state index contributed by atoms with van der Waals surface area (Å²) >= 11 is 6.21. The Kier molecular flexibility index (Phi) is 5.67. The summed E-state index contributed by atoms with van der Waals surface area (Å²) in [4.78, 5) is 28.0. The van der Waals surface area contributed by atoms with Crippen molar-refractivity contribution in [1.82, 2.24) is 0 Å². The molecule has 3 aromatic rings. The Labute approximate surface area is 187 Å². The van der Waals surface area contributed by atoms with Gasteiger partial charge in [0.25, 0.3) is 11.8 Å². The Bertz CT molecular complexity index is 1290. The van der Waals surface area contributed by atoms with Crippen LogP contribution in [0.15, 0.2) is 66.4 Å². The van der Waals surface area contributed by atoms with Gasteiger partial charge in [0.05, 0.1) is 18.4 Å². The fraction of sp³-hybridized carbons (Fsp3) is 0.0833. The van der Waals surface area contributed by atoms with Crippen molar-refractivity contribution in [2.75, 3.05) is 17.3 Å². The third-order valence-electron chi connectivity index (χ3n) is 5.13. The number of carbonyl (C=O) groups excluding carboxylic acids is 2. The molecule has 0 radical (unpaired) electrons. The second kappa shape index (κ2) is 8.43. The molecular formula is C24H17ClF2N2O3. The number of methoxy groups -OCH3 is 1. The number of ether oxygens (including phenoxy) is 1. The molecule has 0 unspecified atom stereocenters. The third-order valence-corrected chi connectivity index (χ3v) is 5.54. The van der Waals surface area contributed by atoms with Crippen LogP contribution in [0.4, 0.5) is 20.2 Å². The Balaban J connectivity index is 1.89. The lowest BCUT2D eigenvalue weighted by molar-refractivity contribution is -0.120. The van der Waals surface area contributed by atoms with Crippen molar-refractivity contribution in [2.24, 2.45) is 0 Å². The first kappa shape index (κ1) is 21.5. The van der Waals surface area contributed by atoms with Gasteiger partial charge < -0.3 is 10.1 Å². The minimum absolute atomic E-state index is 0.0385. The maximum atomic E-state index is 13.8. The van der Waals surface area contributed by atoms with E-state index in [2.05, 4.69) is 5.32 Å². The van der Waals surface area contributed by atoms with E-state index in [9.17, 15) is 18.4 Å². The molecule has 1 N–H and O–H groups in total. The smallest absolute Gasteiger partial charge is 0.282 e. The fourth-order valence-corrected chi connectivity index (χ4v) is 3.69. The van der Waals surface area contributed by atoms with Crippen LogP contribution in [0.1, 0.15) is 11.1 Å². The number of rotatable bonds is 5. The number of hydrogen-bond donors (Lipinski definition) is 1. The van der Waals surface area contributed by atoms with E-state index < -0.39 is 23.4 Å². The molecule has 1 heterocycles. The standard InChI is InChI=1S/C24H17ClF2N2O3/c1-13-16(25)7-5-8-19(13)29-23(30)21(15-6-3-4-9-20(15)32-2)22(24(29)31)28-14-10-11-17(26)18(27)12-14/h3-12,28H,1-2H3. The number of amides is 2. The van der Waals surface area contributed by atoms with Gasteiger partial charge in [0.2, 0.25) is 0 Å². The van der Waals surface area contributed by atoms with E-state index >= 15 is 0 Å². The molecule has 2 amide bonds. The van der Waals surface area contributed by atoms with Crippen molar-refractivity contribution in [1.29, 1.82) is 0 Å². The van der Waals surface area contributed by atoms with Gasteiger partial charge in [-0.1, -0.05) is 35.9 Å². The number of nitrogens with zero attached hydrogens (tertiary/aromatic N) is 1. The van der Waals surface area contributed by atoms with Crippen LogP contribution in [0.5, 0.6) is 5.75 Å². The molecule has 5 nitrogen and oxygen atoms in total. The molecule has 0 bridgehead atoms. The van der Waals surface area contributed by atoms with Gasteiger partial charge in [0.1, 0.15) is 11.4 Å². The molecule has 0 atom stereocenters. The number of halogens is 3. The number of anilines is 2. The first-order valence-electron chi connectivity index (χ1n) is 9.57. The highest BCUT2D eigenvalue weighted by Crippen LogP contribution is 2.39. The van der Waals surface area contributed by atoms with Crippen LogP contribution in [0.3, 0.4) is 0 Å². The molecule has 3 aromatic carbocycles. The molecule has 0 fully saturated rings. The third kappa shape index (κ3) is 3.61. The predicted octanol–water partition coefficient (Wildman–Crippen LogP) is 5.33. The monoisotopic (exact) mass is 454 g/mol. The Morgan fingerprint density at radius 3 is 2.41 bits per heavy atom. The van der Waals surface area contributed by atoms with Gasteiger partial charge in [0, 0.05) is 22.3 Å². The van der Waals surface area contributed by atoms with Crippen LogP contribution in [-0.4, -0.2) is 18.9 Å². The van der Waals surface area contributed by atoms with E-state index in [0.717, 1.165) is 17.0 Å². The molecule has 0 spiro atoms. The molecule has 1 aliphatic heterocycles. The zero-order chi connectivity index (χ0) is 23.0. The van der Waals surface area contributed by atoms with E-state index in [1.54, 1.807) is 49.4 Å². The first-order chi connectivity index (χ1) is 15.3. The maximum absolute atomic E-state index is 13.8. The van der Waals surface area contributed by atoms with E-state index in [1.807, 2.05) is 0 Å². The summed E-state index contributed by atoms with van der Waals surface area (Å²) in [6.07, 6.45) is 0. The molecule has 32 heavy (non-hydrogen) atoms. The lowest BCUT2D eigenvalue weighted by Gasteiger charge is -2.18. The number of nitrogens with one attached hydrogen (secondary N) is 1. The van der Waals surface area contributed by atoms with Crippen LogP contribution in [0.2, 0.25) is 5.02 Å². The van der Waals surface area contributed by atoms with Gasteiger partial charge in [0.15, 0.2) is 11.6 Å². The summed E-state index contributed by atoms with van der Waals surface area (Å²) in [5.41, 5.74) is 1.30. The second-order valence-electron chi connectivity index (χ2n) is 7.03. The van der Waals surface area contributed by atoms with Crippen molar-refractivity contribution in [3.8, 4) is 5.75 Å². The molecule has 4 rings (SSSR count). The Morgan fingerprint density at radius 1 is 0.938 bits per heavy atom. The van der Waals surface area contributed by atoms with Crippen LogP contribution in [0.25, 0.3) is 5.57 Å². The van der Waals surface area contributed by atoms with Crippen molar-refractivity contribution in [2.45, 2.75) is 6.92 Å². The largest absolute Gasteiger partial charge is 0.496 e. The van der Waals surface area contributed by atoms with Crippen LogP contribution in [-0.2, 0) is 9.59 Å². The topological polar surface area (TPSA) is 58.6 Å². The van der Waals surface area contributed by atoms with Gasteiger partial charge in [-0.3, -0.25) is 9.59 Å². The number of benzene rings is 3. The van der Waals surface area contributed by atoms with Gasteiger partial charge in [-0.2, -0.15) is 0 Å². The van der Waals surface area contributed by atoms with Crippen molar-refractivity contribution in [3.63, 3.8) is 0 Å². The molecule has 0 aromatic heterocycles. The van der Waals surface area contributed by atoms with Crippen LogP contribution >= 0.6 is 11.6 Å². The van der Waals surface area contributed by atoms with Gasteiger partial charge in [-0.15, -0.1) is 0 Å². The minimum atomic E-state index is -1.09. The molecule has 0 saturated carbocycles. The summed E-state index contributed by atoms with van der Waals surface area (Å²) in [6, 6.07) is 14.7. The fourth-order valence-electron chi connectivity index (χ4n) is 3.52. The highest BCUT2D eigenvalue weighted by Gasteiger charge is 2.42. The van der Waals surface area contributed by atoms with Crippen LogP contribution in [0, 0.1) is 18.6 Å². The molecule has 8 heteroatoms. The number of imide groups is 1. The maximum Gasteiger partial charge on any atom is 0.282 e. The lowest BCUT2D eigenvalue weighted by Crippen LogP contribution is -2.33. The Hall–Kier alpha value is -3.71.